The van der Waals surface area contributed by atoms with Gasteiger partial charge in [0.2, 0.25) is 5.91 Å². The molecular formula is C27H26N2O2. The Hall–Kier alpha value is -3.66. The van der Waals surface area contributed by atoms with Gasteiger partial charge in [0, 0.05) is 32.0 Å². The molecular weight excluding hydrogens is 384 g/mol. The summed E-state index contributed by atoms with van der Waals surface area (Å²) in [6.07, 6.45) is 2.58. The fraction of sp³-hybridized carbons (Fsp3) is 0.185. The van der Waals surface area contributed by atoms with E-state index in [2.05, 4.69) is 48.3 Å². The molecule has 0 saturated carbocycles. The van der Waals surface area contributed by atoms with Crippen LogP contribution < -0.4 is 0 Å². The van der Waals surface area contributed by atoms with E-state index < -0.39 is 0 Å². The number of benzene rings is 3. The van der Waals surface area contributed by atoms with Gasteiger partial charge in [-0.3, -0.25) is 4.79 Å². The van der Waals surface area contributed by atoms with Crippen molar-refractivity contribution in [2.75, 3.05) is 7.05 Å². The van der Waals surface area contributed by atoms with Crippen LogP contribution in [0.15, 0.2) is 89.5 Å². The Morgan fingerprint density at radius 2 is 1.52 bits per heavy atom. The molecule has 1 amide bonds. The molecule has 0 bridgehead atoms. The maximum absolute atomic E-state index is 12.6. The number of rotatable bonds is 7. The molecule has 3 aromatic carbocycles. The quantitative estimate of drug-likeness (QED) is 0.381. The summed E-state index contributed by atoms with van der Waals surface area (Å²) in [6, 6.07) is 26.7. The van der Waals surface area contributed by atoms with Gasteiger partial charge >= 0.3 is 0 Å². The standard InChI is InChI=1S/C27H26N2O2/c1-20-8-12-24(13-9-20)25-18-28-26(31-25)16-17-27(30)29(2)19-21-10-14-23(15-11-21)22-6-4-3-5-7-22/h3-15,18H,16-17,19H2,1-2H3. The molecule has 0 unspecified atom stereocenters. The Morgan fingerprint density at radius 3 is 2.23 bits per heavy atom. The van der Waals surface area contributed by atoms with E-state index in [1.54, 1.807) is 11.1 Å². The summed E-state index contributed by atoms with van der Waals surface area (Å²) in [5, 5.41) is 0. The van der Waals surface area contributed by atoms with Crippen molar-refractivity contribution >= 4 is 5.91 Å². The van der Waals surface area contributed by atoms with Crippen molar-refractivity contribution in [1.82, 2.24) is 9.88 Å². The van der Waals surface area contributed by atoms with Gasteiger partial charge < -0.3 is 9.32 Å². The molecule has 31 heavy (non-hydrogen) atoms. The Labute approximate surface area is 183 Å². The summed E-state index contributed by atoms with van der Waals surface area (Å²) < 4.78 is 5.83. The van der Waals surface area contributed by atoms with E-state index in [1.807, 2.05) is 49.5 Å². The van der Waals surface area contributed by atoms with Crippen molar-refractivity contribution in [3.8, 4) is 22.5 Å². The first-order valence-electron chi connectivity index (χ1n) is 10.5. The minimum Gasteiger partial charge on any atom is -0.441 e. The first kappa shape index (κ1) is 20.6. The largest absolute Gasteiger partial charge is 0.441 e. The van der Waals surface area contributed by atoms with E-state index in [9.17, 15) is 4.79 Å². The van der Waals surface area contributed by atoms with Crippen molar-refractivity contribution in [3.63, 3.8) is 0 Å². The third-order valence-electron chi connectivity index (χ3n) is 5.35. The van der Waals surface area contributed by atoms with Crippen LogP contribution in [0.2, 0.25) is 0 Å². The summed E-state index contributed by atoms with van der Waals surface area (Å²) in [7, 11) is 1.83. The monoisotopic (exact) mass is 410 g/mol. The average molecular weight is 411 g/mol. The summed E-state index contributed by atoms with van der Waals surface area (Å²) in [4.78, 5) is 18.7. The minimum atomic E-state index is 0.0715. The molecule has 1 heterocycles. The van der Waals surface area contributed by atoms with Crippen molar-refractivity contribution < 1.29 is 9.21 Å². The van der Waals surface area contributed by atoms with Crippen molar-refractivity contribution in [2.45, 2.75) is 26.3 Å². The third kappa shape index (κ3) is 5.28. The lowest BCUT2D eigenvalue weighted by Crippen LogP contribution is -2.26. The molecule has 0 fully saturated rings. The predicted molar refractivity (Wildman–Crippen MR) is 123 cm³/mol. The molecule has 0 atom stereocenters. The summed E-state index contributed by atoms with van der Waals surface area (Å²) >= 11 is 0. The molecule has 1 aromatic heterocycles. The van der Waals surface area contributed by atoms with Crippen molar-refractivity contribution in [1.29, 1.82) is 0 Å². The van der Waals surface area contributed by atoms with Crippen LogP contribution in [0.3, 0.4) is 0 Å². The Bertz CT molecular complexity index is 1130. The van der Waals surface area contributed by atoms with Gasteiger partial charge in [-0.1, -0.05) is 84.4 Å². The molecule has 0 spiro atoms. The smallest absolute Gasteiger partial charge is 0.223 e. The number of amides is 1. The fourth-order valence-corrected chi connectivity index (χ4v) is 3.48. The van der Waals surface area contributed by atoms with E-state index in [-0.39, 0.29) is 5.91 Å². The number of aryl methyl sites for hydroxylation is 2. The molecule has 4 nitrogen and oxygen atoms in total. The number of carbonyl (C=O) groups is 1. The van der Waals surface area contributed by atoms with Crippen LogP contribution in [-0.4, -0.2) is 22.8 Å². The van der Waals surface area contributed by atoms with Gasteiger partial charge in [0.15, 0.2) is 11.7 Å². The van der Waals surface area contributed by atoms with Gasteiger partial charge in [0.1, 0.15) is 0 Å². The lowest BCUT2D eigenvalue weighted by molar-refractivity contribution is -0.130. The van der Waals surface area contributed by atoms with Crippen molar-refractivity contribution in [3.05, 3.63) is 102 Å². The zero-order valence-corrected chi connectivity index (χ0v) is 17.9. The first-order valence-corrected chi connectivity index (χ1v) is 10.5. The molecule has 0 aliphatic rings. The Kier molecular flexibility index (Phi) is 6.27. The van der Waals surface area contributed by atoms with Gasteiger partial charge in [-0.25, -0.2) is 4.98 Å². The second-order valence-corrected chi connectivity index (χ2v) is 7.80. The summed E-state index contributed by atoms with van der Waals surface area (Å²) in [5.74, 6) is 1.39. The van der Waals surface area contributed by atoms with E-state index in [0.717, 1.165) is 16.9 Å². The fourth-order valence-electron chi connectivity index (χ4n) is 3.48. The van der Waals surface area contributed by atoms with Gasteiger partial charge in [0.25, 0.3) is 0 Å². The molecule has 4 rings (SSSR count). The molecule has 4 heteroatoms. The lowest BCUT2D eigenvalue weighted by atomic mass is 10.0. The van der Waals surface area contributed by atoms with Crippen LogP contribution in [0.4, 0.5) is 0 Å². The molecule has 0 saturated heterocycles. The average Bonchev–Trinajstić information content (AvgIpc) is 3.28. The number of aromatic nitrogens is 1. The topological polar surface area (TPSA) is 46.3 Å². The van der Waals surface area contributed by atoms with E-state index >= 15 is 0 Å². The minimum absolute atomic E-state index is 0.0715. The van der Waals surface area contributed by atoms with Gasteiger partial charge in [-0.15, -0.1) is 0 Å². The van der Waals surface area contributed by atoms with E-state index in [0.29, 0.717) is 25.3 Å². The number of carbonyl (C=O) groups excluding carboxylic acids is 1. The lowest BCUT2D eigenvalue weighted by Gasteiger charge is -2.17. The van der Waals surface area contributed by atoms with Crippen LogP contribution in [0.1, 0.15) is 23.4 Å². The maximum Gasteiger partial charge on any atom is 0.223 e. The number of nitrogens with zero attached hydrogens (tertiary/aromatic N) is 2. The van der Waals surface area contributed by atoms with E-state index in [4.69, 9.17) is 4.42 Å². The molecule has 156 valence electrons. The molecule has 0 N–H and O–H groups in total. The Morgan fingerprint density at radius 1 is 0.871 bits per heavy atom. The normalized spacial score (nSPS) is 10.8. The SMILES string of the molecule is Cc1ccc(-c2cnc(CCC(=O)N(C)Cc3ccc(-c4ccccc4)cc3)o2)cc1. The zero-order chi connectivity index (χ0) is 21.6. The highest BCUT2D eigenvalue weighted by molar-refractivity contribution is 5.76. The van der Waals surface area contributed by atoms with Gasteiger partial charge in [-0.05, 0) is 23.6 Å². The van der Waals surface area contributed by atoms with Crippen LogP contribution in [0.5, 0.6) is 0 Å². The van der Waals surface area contributed by atoms with Crippen LogP contribution >= 0.6 is 0 Å². The molecule has 0 radical (unpaired) electrons. The second-order valence-electron chi connectivity index (χ2n) is 7.80. The highest BCUT2D eigenvalue weighted by atomic mass is 16.4. The molecule has 0 aliphatic heterocycles. The van der Waals surface area contributed by atoms with E-state index in [1.165, 1.54) is 16.7 Å². The predicted octanol–water partition coefficient (Wildman–Crippen LogP) is 5.91. The number of hydrogen-bond donors (Lipinski definition) is 0. The highest BCUT2D eigenvalue weighted by Crippen LogP contribution is 2.22. The highest BCUT2D eigenvalue weighted by Gasteiger charge is 2.13. The summed E-state index contributed by atoms with van der Waals surface area (Å²) in [6.45, 7) is 2.63. The third-order valence-corrected chi connectivity index (χ3v) is 5.35. The summed E-state index contributed by atoms with van der Waals surface area (Å²) in [5.41, 5.74) is 5.66. The molecule has 4 aromatic rings. The molecule has 0 aliphatic carbocycles. The van der Waals surface area contributed by atoms with Gasteiger partial charge in [0.05, 0.1) is 6.20 Å². The van der Waals surface area contributed by atoms with Gasteiger partial charge in [-0.2, -0.15) is 0 Å². The second kappa shape index (κ2) is 9.43. The zero-order valence-electron chi connectivity index (χ0n) is 17.9. The van der Waals surface area contributed by atoms with Crippen LogP contribution in [0.25, 0.3) is 22.5 Å². The Balaban J connectivity index is 1.30. The van der Waals surface area contributed by atoms with Crippen LogP contribution in [-0.2, 0) is 17.8 Å². The van der Waals surface area contributed by atoms with Crippen molar-refractivity contribution in [2.24, 2.45) is 0 Å². The number of hydrogen-bond acceptors (Lipinski definition) is 3. The van der Waals surface area contributed by atoms with Crippen LogP contribution in [0, 0.1) is 6.92 Å². The maximum atomic E-state index is 12.6. The first-order chi connectivity index (χ1) is 15.1. The number of oxazole rings is 1.